The van der Waals surface area contributed by atoms with Crippen LogP contribution in [0.5, 0.6) is 0 Å². The van der Waals surface area contributed by atoms with Crippen LogP contribution < -0.4 is 5.32 Å². The van der Waals surface area contributed by atoms with Gasteiger partial charge in [-0.05, 0) is 30.5 Å². The topological polar surface area (TPSA) is 38.3 Å². The third-order valence-electron chi connectivity index (χ3n) is 4.17. The Bertz CT molecular complexity index is 496. The Balaban J connectivity index is 1.60. The second-order valence-electron chi connectivity index (χ2n) is 5.88. The summed E-state index contributed by atoms with van der Waals surface area (Å²) in [4.78, 5) is 11.9. The molecule has 5 heteroatoms. The van der Waals surface area contributed by atoms with Crippen LogP contribution in [0.15, 0.2) is 30.3 Å². The van der Waals surface area contributed by atoms with Crippen LogP contribution in [0.4, 0.5) is 8.78 Å². The maximum atomic E-state index is 13.1. The molecule has 1 aromatic carbocycles. The van der Waals surface area contributed by atoms with Crippen LogP contribution in [0.25, 0.3) is 0 Å². The summed E-state index contributed by atoms with van der Waals surface area (Å²) >= 11 is 0. The van der Waals surface area contributed by atoms with E-state index in [0.717, 1.165) is 6.42 Å². The van der Waals surface area contributed by atoms with Crippen LogP contribution >= 0.6 is 0 Å². The van der Waals surface area contributed by atoms with Gasteiger partial charge >= 0.3 is 5.97 Å². The van der Waals surface area contributed by atoms with Gasteiger partial charge in [0.25, 0.3) is 0 Å². The van der Waals surface area contributed by atoms with Gasteiger partial charge in [0.05, 0.1) is 5.56 Å². The molecule has 1 unspecified atom stereocenters. The number of benzene rings is 1. The van der Waals surface area contributed by atoms with E-state index in [1.165, 1.54) is 0 Å². The highest BCUT2D eigenvalue weighted by Crippen LogP contribution is 2.57. The molecule has 1 aliphatic carbocycles. The minimum absolute atomic E-state index is 0.0823. The standard InChI is InChI=1S/C15H17F2NO2/c16-15(17)9-14(10-15)6-7-18-12(8-14)20-13(19)11-4-2-1-3-5-11/h1-5,12,18H,6-10H2. The lowest BCUT2D eigenvalue weighted by molar-refractivity contribution is -0.185. The zero-order chi connectivity index (χ0) is 14.2. The summed E-state index contributed by atoms with van der Waals surface area (Å²) in [5, 5.41) is 3.08. The van der Waals surface area contributed by atoms with Crippen molar-refractivity contribution < 1.29 is 18.3 Å². The first-order valence-corrected chi connectivity index (χ1v) is 6.85. The van der Waals surface area contributed by atoms with E-state index in [9.17, 15) is 13.6 Å². The summed E-state index contributed by atoms with van der Waals surface area (Å²) in [7, 11) is 0. The molecule has 3 nitrogen and oxygen atoms in total. The molecule has 0 aromatic heterocycles. The molecule has 108 valence electrons. The van der Waals surface area contributed by atoms with Crippen molar-refractivity contribution in [2.45, 2.75) is 37.8 Å². The monoisotopic (exact) mass is 281 g/mol. The van der Waals surface area contributed by atoms with Crippen molar-refractivity contribution in [2.75, 3.05) is 6.54 Å². The Morgan fingerprint density at radius 1 is 1.25 bits per heavy atom. The van der Waals surface area contributed by atoms with Crippen LogP contribution in [-0.2, 0) is 4.74 Å². The van der Waals surface area contributed by atoms with E-state index in [0.29, 0.717) is 18.5 Å². The zero-order valence-electron chi connectivity index (χ0n) is 11.1. The number of nitrogens with one attached hydrogen (secondary N) is 1. The predicted molar refractivity (Wildman–Crippen MR) is 69.5 cm³/mol. The number of hydrogen-bond donors (Lipinski definition) is 1. The Morgan fingerprint density at radius 2 is 1.95 bits per heavy atom. The number of hydrogen-bond acceptors (Lipinski definition) is 3. The zero-order valence-corrected chi connectivity index (χ0v) is 11.1. The molecule has 1 saturated heterocycles. The number of ether oxygens (including phenoxy) is 1. The number of piperidine rings is 1. The molecule has 3 rings (SSSR count). The molecule has 1 atom stereocenters. The van der Waals surface area contributed by atoms with Gasteiger partial charge in [-0.2, -0.15) is 0 Å². The molecule has 1 spiro atoms. The predicted octanol–water partition coefficient (Wildman–Crippen LogP) is 2.97. The first kappa shape index (κ1) is 13.5. The molecule has 2 aliphatic rings. The van der Waals surface area contributed by atoms with E-state index >= 15 is 0 Å². The minimum Gasteiger partial charge on any atom is -0.443 e. The fourth-order valence-electron chi connectivity index (χ4n) is 3.29. The van der Waals surface area contributed by atoms with Crippen LogP contribution in [-0.4, -0.2) is 24.7 Å². The maximum absolute atomic E-state index is 13.1. The molecule has 0 bridgehead atoms. The summed E-state index contributed by atoms with van der Waals surface area (Å²) in [6.07, 6.45) is 0.568. The van der Waals surface area contributed by atoms with E-state index in [-0.39, 0.29) is 18.3 Å². The number of carbonyl (C=O) groups excluding carboxylic acids is 1. The fourth-order valence-corrected chi connectivity index (χ4v) is 3.29. The first-order valence-electron chi connectivity index (χ1n) is 6.85. The summed E-state index contributed by atoms with van der Waals surface area (Å²) < 4.78 is 31.6. The van der Waals surface area contributed by atoms with Crippen molar-refractivity contribution in [1.82, 2.24) is 5.32 Å². The molecule has 0 amide bonds. The Labute approximate surface area is 116 Å². The summed E-state index contributed by atoms with van der Waals surface area (Å²) in [5.41, 5.74) is 0.129. The van der Waals surface area contributed by atoms with Gasteiger partial charge in [0.15, 0.2) is 6.23 Å². The largest absolute Gasteiger partial charge is 0.443 e. The number of esters is 1. The van der Waals surface area contributed by atoms with Crippen LogP contribution in [0.2, 0.25) is 0 Å². The summed E-state index contributed by atoms with van der Waals surface area (Å²) in [5.74, 6) is -2.95. The fraction of sp³-hybridized carbons (Fsp3) is 0.533. The molecular formula is C15H17F2NO2. The van der Waals surface area contributed by atoms with Crippen LogP contribution in [0.3, 0.4) is 0 Å². The molecule has 20 heavy (non-hydrogen) atoms. The summed E-state index contributed by atoms with van der Waals surface area (Å²) in [6.45, 7) is 0.614. The number of alkyl halides is 2. The number of carbonyl (C=O) groups is 1. The summed E-state index contributed by atoms with van der Waals surface area (Å²) in [6, 6.07) is 8.70. The molecule has 1 aromatic rings. The lowest BCUT2D eigenvalue weighted by atomic mass is 9.61. The van der Waals surface area contributed by atoms with E-state index in [4.69, 9.17) is 4.74 Å². The van der Waals surface area contributed by atoms with Gasteiger partial charge in [0, 0.05) is 19.3 Å². The van der Waals surface area contributed by atoms with E-state index in [1.807, 2.05) is 6.07 Å². The lowest BCUT2D eigenvalue weighted by Gasteiger charge is -2.51. The molecule has 1 N–H and O–H groups in total. The van der Waals surface area contributed by atoms with Crippen molar-refractivity contribution in [3.05, 3.63) is 35.9 Å². The SMILES string of the molecule is O=C(OC1CC2(CCN1)CC(F)(F)C2)c1ccccc1. The lowest BCUT2D eigenvalue weighted by Crippen LogP contribution is -2.55. The van der Waals surface area contributed by atoms with Crippen molar-refractivity contribution >= 4 is 5.97 Å². The van der Waals surface area contributed by atoms with Gasteiger partial charge in [-0.1, -0.05) is 18.2 Å². The number of halogens is 2. The second kappa shape index (κ2) is 4.81. The van der Waals surface area contributed by atoms with Gasteiger partial charge in [0.1, 0.15) is 0 Å². The normalized spacial score (nSPS) is 26.8. The molecule has 1 heterocycles. The van der Waals surface area contributed by atoms with Gasteiger partial charge in [-0.3, -0.25) is 5.32 Å². The second-order valence-corrected chi connectivity index (χ2v) is 5.88. The highest BCUT2D eigenvalue weighted by molar-refractivity contribution is 5.89. The van der Waals surface area contributed by atoms with Crippen molar-refractivity contribution in [3.8, 4) is 0 Å². The van der Waals surface area contributed by atoms with Crippen LogP contribution in [0, 0.1) is 5.41 Å². The van der Waals surface area contributed by atoms with Crippen molar-refractivity contribution in [3.63, 3.8) is 0 Å². The Morgan fingerprint density at radius 3 is 2.60 bits per heavy atom. The Hall–Kier alpha value is -1.49. The van der Waals surface area contributed by atoms with Gasteiger partial charge in [-0.25, -0.2) is 13.6 Å². The van der Waals surface area contributed by atoms with E-state index in [1.54, 1.807) is 24.3 Å². The van der Waals surface area contributed by atoms with Crippen molar-refractivity contribution in [1.29, 1.82) is 0 Å². The average Bonchev–Trinajstić information content (AvgIpc) is 2.37. The average molecular weight is 281 g/mol. The molecule has 1 saturated carbocycles. The third-order valence-corrected chi connectivity index (χ3v) is 4.17. The van der Waals surface area contributed by atoms with E-state index in [2.05, 4.69) is 5.32 Å². The Kier molecular flexibility index (Phi) is 3.24. The molecule has 1 aliphatic heterocycles. The van der Waals surface area contributed by atoms with Crippen LogP contribution in [0.1, 0.15) is 36.0 Å². The van der Waals surface area contributed by atoms with Gasteiger partial charge in [-0.15, -0.1) is 0 Å². The molecule has 2 fully saturated rings. The van der Waals surface area contributed by atoms with Gasteiger partial charge in [0.2, 0.25) is 5.92 Å². The first-order chi connectivity index (χ1) is 9.48. The highest BCUT2D eigenvalue weighted by atomic mass is 19.3. The quantitative estimate of drug-likeness (QED) is 0.847. The highest BCUT2D eigenvalue weighted by Gasteiger charge is 2.57. The smallest absolute Gasteiger partial charge is 0.339 e. The number of rotatable bonds is 2. The maximum Gasteiger partial charge on any atom is 0.339 e. The molecule has 0 radical (unpaired) electrons. The van der Waals surface area contributed by atoms with Crippen molar-refractivity contribution in [2.24, 2.45) is 5.41 Å². The third kappa shape index (κ3) is 2.68. The minimum atomic E-state index is -2.54. The molecular weight excluding hydrogens is 264 g/mol. The van der Waals surface area contributed by atoms with E-state index < -0.39 is 18.1 Å². The van der Waals surface area contributed by atoms with Gasteiger partial charge < -0.3 is 4.74 Å².